The van der Waals surface area contributed by atoms with E-state index < -0.39 is 0 Å². The number of nitrogens with zero attached hydrogens (tertiary/aromatic N) is 5. The molecule has 0 amide bonds. The van der Waals surface area contributed by atoms with Crippen molar-refractivity contribution in [2.75, 3.05) is 4.90 Å². The lowest BCUT2D eigenvalue weighted by Gasteiger charge is -2.42. The Kier molecular flexibility index (Phi) is 13.8. The summed E-state index contributed by atoms with van der Waals surface area (Å²) in [6.07, 6.45) is 5.93. The lowest BCUT2D eigenvalue weighted by atomic mass is 9.33. The lowest BCUT2D eigenvalue weighted by molar-refractivity contribution is -0.571. The number of benzene rings is 14. The molecule has 20 rings (SSSR count). The third kappa shape index (κ3) is 9.98. The monoisotopic (exact) mass is 1320 g/mol. The Balaban J connectivity index is 0.749. The van der Waals surface area contributed by atoms with Crippen LogP contribution >= 0.6 is 0 Å². The molecule has 103 heavy (non-hydrogen) atoms. The van der Waals surface area contributed by atoms with Gasteiger partial charge in [0.05, 0.1) is 38.8 Å². The number of imidazole rings is 1. The van der Waals surface area contributed by atoms with Crippen molar-refractivity contribution >= 4 is 73.0 Å². The molecule has 9 heteroatoms. The zero-order chi connectivity index (χ0) is 68.4. The average molecular weight is 1320 g/mol. The van der Waals surface area contributed by atoms with Gasteiger partial charge in [-0.25, -0.2) is 4.98 Å². The molecule has 0 unspecified atom stereocenters. The second kappa shape index (κ2) is 23.7. The van der Waals surface area contributed by atoms with Crippen molar-refractivity contribution in [2.24, 2.45) is 0 Å². The van der Waals surface area contributed by atoms with Crippen molar-refractivity contribution < 1.29 is 18.8 Å². The molecule has 0 radical (unpaired) electrons. The third-order valence-corrected chi connectivity index (χ3v) is 20.8. The Hall–Kier alpha value is -13.2. The van der Waals surface area contributed by atoms with Gasteiger partial charge in [0, 0.05) is 46.2 Å². The summed E-state index contributed by atoms with van der Waals surface area (Å²) in [5, 5.41) is 1.98. The van der Waals surface area contributed by atoms with E-state index in [-0.39, 0.29) is 12.1 Å². The van der Waals surface area contributed by atoms with Crippen LogP contribution in [0.5, 0.6) is 34.5 Å². The molecule has 0 saturated carbocycles. The Morgan fingerprint density at radius 3 is 1.50 bits per heavy atom. The number of ether oxygens (including phenoxy) is 3. The molecule has 0 spiro atoms. The minimum Gasteiger partial charge on any atom is -0.458 e. The van der Waals surface area contributed by atoms with E-state index in [0.717, 1.165) is 179 Å². The quantitative estimate of drug-likeness (QED) is 0.0693. The Morgan fingerprint density at radius 2 is 0.913 bits per heavy atom. The van der Waals surface area contributed by atoms with Gasteiger partial charge in [-0.05, 0) is 204 Å². The lowest BCUT2D eigenvalue weighted by Crippen LogP contribution is -2.61. The standard InChI is InChI=1S/C94H64BN5O3/c1-94(2,3)70-47-48-96-87(55-70)100-82-57-74(45-46-77(82)88-83(100)58-86-91-93(88)103-85-44-24-42-81-90(85)95(91)89-80(41-23-43-84(89)102-86)99(81)71-33-17-8-18-34-71)101-73-36-21-35-72(56-73)97-59-98(79-40-20-19-39-78(79)97)92-75(68-51-64(60-25-9-4-10-26-60)49-65(52-68)61-27-11-5-12-28-61)37-22-38-76(92)69-53-66(62-29-13-6-14-30-62)50-67(54-69)63-31-15-7-16-32-63/h4-58H,1-3H3. The Labute approximate surface area is 597 Å². The van der Waals surface area contributed by atoms with Crippen LogP contribution in [0.1, 0.15) is 26.3 Å². The predicted octanol–water partition coefficient (Wildman–Crippen LogP) is 21.8. The molecule has 0 aliphatic carbocycles. The first-order valence-corrected chi connectivity index (χ1v) is 35.2. The fourth-order valence-corrected chi connectivity index (χ4v) is 16.0. The average Bonchev–Trinajstić information content (AvgIpc) is 1.68. The number of hydrogen-bond acceptors (Lipinski definition) is 5. The summed E-state index contributed by atoms with van der Waals surface area (Å²) in [6, 6.07) is 117. The fourth-order valence-electron chi connectivity index (χ4n) is 16.0. The number of hydrogen-bond donors (Lipinski definition) is 0. The minimum atomic E-state index is -0.153. The zero-order valence-electron chi connectivity index (χ0n) is 56.8. The summed E-state index contributed by atoms with van der Waals surface area (Å²) in [4.78, 5) is 7.51. The largest absolute Gasteiger partial charge is 0.458 e. The normalized spacial score (nSPS) is 12.5. The maximum Gasteiger partial charge on any atom is 0.269 e. The number of anilines is 3. The molecule has 0 atom stereocenters. The highest BCUT2D eigenvalue weighted by Crippen LogP contribution is 2.51. The highest BCUT2D eigenvalue weighted by molar-refractivity contribution is 7.01. The molecule has 6 heterocycles. The first kappa shape index (κ1) is 59.8. The van der Waals surface area contributed by atoms with Crippen LogP contribution in [0, 0.1) is 6.33 Å². The molecule has 0 N–H and O–H groups in total. The van der Waals surface area contributed by atoms with E-state index in [4.69, 9.17) is 19.2 Å². The van der Waals surface area contributed by atoms with Gasteiger partial charge in [0.15, 0.2) is 0 Å². The van der Waals surface area contributed by atoms with E-state index in [1.807, 2.05) is 12.3 Å². The first-order chi connectivity index (χ1) is 50.7. The number of aromatic nitrogens is 4. The van der Waals surface area contributed by atoms with Crippen molar-refractivity contribution in [3.8, 4) is 118 Å². The van der Waals surface area contributed by atoms with Crippen LogP contribution in [-0.2, 0) is 5.41 Å². The van der Waals surface area contributed by atoms with Crippen molar-refractivity contribution in [3.63, 3.8) is 0 Å². The van der Waals surface area contributed by atoms with Gasteiger partial charge in [-0.3, -0.25) is 13.7 Å². The molecule has 3 aromatic heterocycles. The molecule has 0 fully saturated rings. The summed E-state index contributed by atoms with van der Waals surface area (Å²) in [6.45, 7) is 6.59. The maximum absolute atomic E-state index is 7.39. The van der Waals surface area contributed by atoms with Crippen LogP contribution < -0.4 is 40.1 Å². The summed E-state index contributed by atoms with van der Waals surface area (Å²) in [5.74, 6) is 5.29. The summed E-state index contributed by atoms with van der Waals surface area (Å²) < 4.78 is 28.4. The smallest absolute Gasteiger partial charge is 0.269 e. The molecule has 0 saturated heterocycles. The number of pyridine rings is 1. The molecular formula is C94H64BN5O3. The van der Waals surface area contributed by atoms with Gasteiger partial charge >= 0.3 is 0 Å². The SMILES string of the molecule is CC(C)(C)c1ccnc(-n2c3cc(Oc4cccc(-n5[c-][n+](-c6c(-c7cc(-c8ccccc8)cc(-c8ccccc8)c7)cccc6-c6cc(-c7ccccc7)cc(-c7ccccc7)c6)c6ccccc65)c4)ccc3c3c4c5c(cc32)Oc2cccc3c2B5c2c(cccc2N3c2ccccc2)O4)c1. The van der Waals surface area contributed by atoms with Crippen molar-refractivity contribution in [3.05, 3.63) is 346 Å². The van der Waals surface area contributed by atoms with Gasteiger partial charge in [0.2, 0.25) is 0 Å². The highest BCUT2D eigenvalue weighted by atomic mass is 16.5. The van der Waals surface area contributed by atoms with Crippen LogP contribution in [-0.4, -0.2) is 20.8 Å². The van der Waals surface area contributed by atoms with E-state index in [0.29, 0.717) is 11.5 Å². The van der Waals surface area contributed by atoms with Gasteiger partial charge in [-0.1, -0.05) is 221 Å². The molecule has 14 aromatic carbocycles. The molecule has 17 aromatic rings. The van der Waals surface area contributed by atoms with Gasteiger partial charge < -0.3 is 19.1 Å². The molecule has 0 bridgehead atoms. The van der Waals surface area contributed by atoms with E-state index in [9.17, 15) is 0 Å². The predicted molar refractivity (Wildman–Crippen MR) is 420 cm³/mol. The van der Waals surface area contributed by atoms with Crippen LogP contribution in [0.15, 0.2) is 334 Å². The molecule has 3 aliphatic heterocycles. The van der Waals surface area contributed by atoms with E-state index in [1.54, 1.807) is 0 Å². The molecule has 486 valence electrons. The van der Waals surface area contributed by atoms with Crippen molar-refractivity contribution in [1.29, 1.82) is 0 Å². The summed E-state index contributed by atoms with van der Waals surface area (Å²) >= 11 is 0. The van der Waals surface area contributed by atoms with Gasteiger partial charge in [0.25, 0.3) is 13.0 Å². The number of fused-ring (bicyclic) bond motifs is 5. The van der Waals surface area contributed by atoms with E-state index >= 15 is 0 Å². The topological polar surface area (TPSA) is 57.6 Å². The maximum atomic E-state index is 7.39. The van der Waals surface area contributed by atoms with Gasteiger partial charge in [0.1, 0.15) is 40.3 Å². The molecule has 3 aliphatic rings. The number of para-hydroxylation sites is 4. The van der Waals surface area contributed by atoms with Crippen molar-refractivity contribution in [2.45, 2.75) is 26.2 Å². The Morgan fingerprint density at radius 1 is 0.398 bits per heavy atom. The zero-order valence-corrected chi connectivity index (χ0v) is 56.8. The summed E-state index contributed by atoms with van der Waals surface area (Å²) in [7, 11) is 0. The second-order valence-electron chi connectivity index (χ2n) is 28.0. The van der Waals surface area contributed by atoms with Crippen LogP contribution in [0.2, 0.25) is 0 Å². The highest BCUT2D eigenvalue weighted by Gasteiger charge is 2.48. The van der Waals surface area contributed by atoms with Gasteiger partial charge in [-0.15, -0.1) is 0 Å². The molecular weight excluding hydrogens is 1260 g/mol. The second-order valence-corrected chi connectivity index (χ2v) is 28.0. The van der Waals surface area contributed by atoms with Crippen molar-refractivity contribution in [1.82, 2.24) is 14.1 Å². The first-order valence-electron chi connectivity index (χ1n) is 35.2. The van der Waals surface area contributed by atoms with Crippen LogP contribution in [0.25, 0.3) is 117 Å². The van der Waals surface area contributed by atoms with Crippen LogP contribution in [0.3, 0.4) is 0 Å². The van der Waals surface area contributed by atoms with Gasteiger partial charge in [-0.2, -0.15) is 0 Å². The van der Waals surface area contributed by atoms with Crippen LogP contribution in [0.4, 0.5) is 17.1 Å². The third-order valence-electron chi connectivity index (χ3n) is 20.8. The molecule has 8 nitrogen and oxygen atoms in total. The minimum absolute atomic E-state index is 0.138. The number of rotatable bonds is 12. The van der Waals surface area contributed by atoms with E-state index in [1.165, 1.54) is 0 Å². The Bertz CT molecular complexity index is 5980. The summed E-state index contributed by atoms with van der Waals surface area (Å²) in [5.41, 5.74) is 26.5. The fraction of sp³-hybridized carbons (Fsp3) is 0.0426. The van der Waals surface area contributed by atoms with E-state index in [2.05, 4.69) is 367 Å².